The predicted octanol–water partition coefficient (Wildman–Crippen LogP) is 2.96. The lowest BCUT2D eigenvalue weighted by Gasteiger charge is -2.16. The standard InChI is InChI=1S/C12H14BrNO/c1-2-14-8-9(6-7-15)12-10(13)4-3-5-11(12)14/h3-5,7,9H,2,6,8H2,1H3. The lowest BCUT2D eigenvalue weighted by Crippen LogP contribution is -2.21. The van der Waals surface area contributed by atoms with Gasteiger partial charge in [-0.05, 0) is 24.6 Å². The monoisotopic (exact) mass is 267 g/mol. The summed E-state index contributed by atoms with van der Waals surface area (Å²) in [7, 11) is 0. The minimum absolute atomic E-state index is 0.355. The highest BCUT2D eigenvalue weighted by Gasteiger charge is 2.28. The second-order valence-corrected chi connectivity index (χ2v) is 4.66. The summed E-state index contributed by atoms with van der Waals surface area (Å²) in [6, 6.07) is 6.24. The van der Waals surface area contributed by atoms with Crippen molar-refractivity contribution in [3.8, 4) is 0 Å². The van der Waals surface area contributed by atoms with E-state index < -0.39 is 0 Å². The van der Waals surface area contributed by atoms with E-state index in [0.29, 0.717) is 12.3 Å². The molecule has 1 atom stereocenters. The first kappa shape index (κ1) is 10.7. The van der Waals surface area contributed by atoms with Crippen molar-refractivity contribution in [1.29, 1.82) is 0 Å². The number of likely N-dealkylation sites (N-methyl/N-ethyl adjacent to an activating group) is 1. The number of rotatable bonds is 3. The molecular formula is C12H14BrNO. The van der Waals surface area contributed by atoms with Crippen LogP contribution in [0.2, 0.25) is 0 Å². The minimum Gasteiger partial charge on any atom is -0.371 e. The Balaban J connectivity index is 2.43. The highest BCUT2D eigenvalue weighted by molar-refractivity contribution is 9.10. The van der Waals surface area contributed by atoms with Gasteiger partial charge in [-0.15, -0.1) is 0 Å². The number of halogens is 1. The molecule has 0 spiro atoms. The number of carbonyl (C=O) groups excluding carboxylic acids is 1. The number of anilines is 1. The van der Waals surface area contributed by atoms with Gasteiger partial charge < -0.3 is 9.69 Å². The van der Waals surface area contributed by atoms with Crippen molar-refractivity contribution < 1.29 is 4.79 Å². The Morgan fingerprint density at radius 2 is 2.40 bits per heavy atom. The molecule has 2 rings (SSSR count). The van der Waals surface area contributed by atoms with Crippen molar-refractivity contribution in [3.05, 3.63) is 28.2 Å². The van der Waals surface area contributed by atoms with Crippen LogP contribution in [-0.2, 0) is 4.79 Å². The molecule has 1 aliphatic rings. The molecule has 0 saturated heterocycles. The molecule has 15 heavy (non-hydrogen) atoms. The van der Waals surface area contributed by atoms with Gasteiger partial charge in [0, 0.05) is 35.6 Å². The Morgan fingerprint density at radius 1 is 1.60 bits per heavy atom. The Hall–Kier alpha value is -0.830. The second-order valence-electron chi connectivity index (χ2n) is 3.81. The van der Waals surface area contributed by atoms with E-state index in [1.165, 1.54) is 11.3 Å². The van der Waals surface area contributed by atoms with Crippen LogP contribution >= 0.6 is 15.9 Å². The van der Waals surface area contributed by atoms with Crippen LogP contribution in [-0.4, -0.2) is 19.4 Å². The fourth-order valence-electron chi connectivity index (χ4n) is 2.27. The zero-order valence-electron chi connectivity index (χ0n) is 8.74. The average Bonchev–Trinajstić information content (AvgIpc) is 2.59. The SMILES string of the molecule is CCN1CC(CC=O)c2c(Br)cccc21. The van der Waals surface area contributed by atoms with Crippen LogP contribution in [0.15, 0.2) is 22.7 Å². The van der Waals surface area contributed by atoms with E-state index in [2.05, 4.69) is 46.0 Å². The van der Waals surface area contributed by atoms with Gasteiger partial charge in [0.1, 0.15) is 6.29 Å². The molecule has 0 N–H and O–H groups in total. The third kappa shape index (κ3) is 1.81. The fourth-order valence-corrected chi connectivity index (χ4v) is 2.95. The maximum Gasteiger partial charge on any atom is 0.120 e. The Bertz CT molecular complexity index is 378. The van der Waals surface area contributed by atoms with E-state index in [1.54, 1.807) is 0 Å². The molecule has 3 heteroatoms. The number of hydrogen-bond donors (Lipinski definition) is 0. The first-order valence-electron chi connectivity index (χ1n) is 5.25. The van der Waals surface area contributed by atoms with Crippen LogP contribution < -0.4 is 4.90 Å². The van der Waals surface area contributed by atoms with Gasteiger partial charge in [-0.25, -0.2) is 0 Å². The second kappa shape index (κ2) is 4.35. The molecule has 1 aromatic carbocycles. The lowest BCUT2D eigenvalue weighted by molar-refractivity contribution is -0.108. The van der Waals surface area contributed by atoms with E-state index in [4.69, 9.17) is 0 Å². The van der Waals surface area contributed by atoms with Crippen LogP contribution in [0.5, 0.6) is 0 Å². The van der Waals surface area contributed by atoms with E-state index in [0.717, 1.165) is 23.8 Å². The molecule has 1 unspecified atom stereocenters. The quantitative estimate of drug-likeness (QED) is 0.785. The maximum absolute atomic E-state index is 10.6. The molecule has 0 aromatic heterocycles. The molecule has 1 heterocycles. The van der Waals surface area contributed by atoms with Gasteiger partial charge in [-0.1, -0.05) is 22.0 Å². The highest BCUT2D eigenvalue weighted by Crippen LogP contribution is 2.41. The van der Waals surface area contributed by atoms with Gasteiger partial charge in [0.15, 0.2) is 0 Å². The number of hydrogen-bond acceptors (Lipinski definition) is 2. The van der Waals surface area contributed by atoms with Crippen LogP contribution in [0.1, 0.15) is 24.8 Å². The molecule has 0 saturated carbocycles. The summed E-state index contributed by atoms with van der Waals surface area (Å²) in [5.74, 6) is 0.355. The summed E-state index contributed by atoms with van der Waals surface area (Å²) < 4.78 is 1.13. The zero-order valence-corrected chi connectivity index (χ0v) is 10.3. The number of aldehydes is 1. The summed E-state index contributed by atoms with van der Waals surface area (Å²) in [4.78, 5) is 13.0. The Kier molecular flexibility index (Phi) is 3.10. The van der Waals surface area contributed by atoms with Gasteiger partial charge in [-0.2, -0.15) is 0 Å². The maximum atomic E-state index is 10.6. The van der Waals surface area contributed by atoms with E-state index >= 15 is 0 Å². The molecule has 1 aromatic rings. The molecule has 1 aliphatic heterocycles. The van der Waals surface area contributed by atoms with Gasteiger partial charge in [0.05, 0.1) is 0 Å². The number of carbonyl (C=O) groups is 1. The highest BCUT2D eigenvalue weighted by atomic mass is 79.9. The molecule has 0 aliphatic carbocycles. The van der Waals surface area contributed by atoms with Gasteiger partial charge in [0.2, 0.25) is 0 Å². The van der Waals surface area contributed by atoms with E-state index in [9.17, 15) is 4.79 Å². The lowest BCUT2D eigenvalue weighted by atomic mass is 9.99. The Morgan fingerprint density at radius 3 is 3.07 bits per heavy atom. The van der Waals surface area contributed by atoms with Crippen LogP contribution in [0.25, 0.3) is 0 Å². The van der Waals surface area contributed by atoms with Crippen LogP contribution in [0.4, 0.5) is 5.69 Å². The van der Waals surface area contributed by atoms with Gasteiger partial charge in [-0.3, -0.25) is 0 Å². The molecule has 0 fully saturated rings. The summed E-state index contributed by atoms with van der Waals surface area (Å²) in [6.45, 7) is 4.11. The molecule has 2 nitrogen and oxygen atoms in total. The predicted molar refractivity (Wildman–Crippen MR) is 65.5 cm³/mol. The topological polar surface area (TPSA) is 20.3 Å². The number of nitrogens with zero attached hydrogens (tertiary/aromatic N) is 1. The van der Waals surface area contributed by atoms with Crippen molar-refractivity contribution in [3.63, 3.8) is 0 Å². The van der Waals surface area contributed by atoms with Crippen molar-refractivity contribution in [2.45, 2.75) is 19.3 Å². The van der Waals surface area contributed by atoms with Gasteiger partial charge in [0.25, 0.3) is 0 Å². The van der Waals surface area contributed by atoms with Crippen molar-refractivity contribution in [1.82, 2.24) is 0 Å². The third-order valence-corrected chi connectivity index (χ3v) is 3.67. The minimum atomic E-state index is 0.355. The molecular weight excluding hydrogens is 254 g/mol. The van der Waals surface area contributed by atoms with Gasteiger partial charge >= 0.3 is 0 Å². The third-order valence-electron chi connectivity index (χ3n) is 2.98. The summed E-state index contributed by atoms with van der Waals surface area (Å²) >= 11 is 3.57. The van der Waals surface area contributed by atoms with E-state index in [-0.39, 0.29) is 0 Å². The number of fused-ring (bicyclic) bond motifs is 1. The van der Waals surface area contributed by atoms with Crippen LogP contribution in [0.3, 0.4) is 0 Å². The Labute approximate surface area is 98.4 Å². The van der Waals surface area contributed by atoms with Crippen LogP contribution in [0, 0.1) is 0 Å². The van der Waals surface area contributed by atoms with Crippen molar-refractivity contribution in [2.75, 3.05) is 18.0 Å². The average molecular weight is 268 g/mol. The fraction of sp³-hybridized carbons (Fsp3) is 0.417. The summed E-state index contributed by atoms with van der Waals surface area (Å²) in [5.41, 5.74) is 2.57. The normalized spacial score (nSPS) is 19.1. The largest absolute Gasteiger partial charge is 0.371 e. The molecule has 0 radical (unpaired) electrons. The zero-order chi connectivity index (χ0) is 10.8. The summed E-state index contributed by atoms with van der Waals surface area (Å²) in [6.07, 6.45) is 1.64. The summed E-state index contributed by atoms with van der Waals surface area (Å²) in [5, 5.41) is 0. The van der Waals surface area contributed by atoms with Crippen molar-refractivity contribution in [2.24, 2.45) is 0 Å². The van der Waals surface area contributed by atoms with Crippen molar-refractivity contribution >= 4 is 27.9 Å². The molecule has 0 bridgehead atoms. The van der Waals surface area contributed by atoms with E-state index in [1.807, 2.05) is 0 Å². The first-order chi connectivity index (χ1) is 7.27. The number of benzene rings is 1. The molecule has 0 amide bonds. The first-order valence-corrected chi connectivity index (χ1v) is 6.04. The smallest absolute Gasteiger partial charge is 0.120 e. The molecule has 80 valence electrons.